The maximum absolute atomic E-state index is 12.4. The van der Waals surface area contributed by atoms with Crippen molar-refractivity contribution in [2.75, 3.05) is 20.2 Å². The van der Waals surface area contributed by atoms with Crippen molar-refractivity contribution < 1.29 is 9.53 Å². The molecule has 2 unspecified atom stereocenters. The molecule has 0 bridgehead atoms. The molecule has 0 aliphatic carbocycles. The lowest BCUT2D eigenvalue weighted by atomic mass is 9.95. The van der Waals surface area contributed by atoms with Crippen LogP contribution in [0.4, 0.5) is 0 Å². The maximum Gasteiger partial charge on any atom is 0.225 e. The fourth-order valence-electron chi connectivity index (χ4n) is 2.76. The third-order valence-electron chi connectivity index (χ3n) is 4.53. The molecule has 1 aliphatic heterocycles. The van der Waals surface area contributed by atoms with Crippen LogP contribution in [0.5, 0.6) is 0 Å². The van der Waals surface area contributed by atoms with E-state index >= 15 is 0 Å². The van der Waals surface area contributed by atoms with Gasteiger partial charge in [0.1, 0.15) is 0 Å². The molecule has 1 amide bonds. The molecule has 0 radical (unpaired) electrons. The predicted octanol–water partition coefficient (Wildman–Crippen LogP) is 2.52. The Morgan fingerprint density at radius 3 is 2.86 bits per heavy atom. The van der Waals surface area contributed by atoms with E-state index in [1.807, 2.05) is 19.2 Å². The van der Waals surface area contributed by atoms with Gasteiger partial charge in [-0.05, 0) is 29.9 Å². The topological polar surface area (TPSA) is 55.6 Å². The van der Waals surface area contributed by atoms with Gasteiger partial charge in [-0.2, -0.15) is 0 Å². The Balaban J connectivity index is 1.90. The van der Waals surface area contributed by atoms with E-state index in [0.29, 0.717) is 25.5 Å². The van der Waals surface area contributed by atoms with E-state index in [9.17, 15) is 4.79 Å². The highest BCUT2D eigenvalue weighted by atomic mass is 16.5. The lowest BCUT2D eigenvalue weighted by Gasteiger charge is -2.28. The normalized spacial score (nSPS) is 18.9. The van der Waals surface area contributed by atoms with Gasteiger partial charge in [0.15, 0.2) is 0 Å². The highest BCUT2D eigenvalue weighted by Gasteiger charge is 2.24. The highest BCUT2D eigenvalue weighted by molar-refractivity contribution is 5.76. The lowest BCUT2D eigenvalue weighted by molar-refractivity contribution is -0.133. The van der Waals surface area contributed by atoms with Crippen LogP contribution in [0.3, 0.4) is 0 Å². The van der Waals surface area contributed by atoms with Crippen LogP contribution < -0.4 is 5.73 Å². The van der Waals surface area contributed by atoms with Crippen molar-refractivity contribution in [1.29, 1.82) is 0 Å². The summed E-state index contributed by atoms with van der Waals surface area (Å²) in [6.45, 7) is 5.61. The molecule has 4 nitrogen and oxygen atoms in total. The molecule has 0 spiro atoms. The van der Waals surface area contributed by atoms with Crippen molar-refractivity contribution in [3.05, 3.63) is 35.4 Å². The molecule has 1 heterocycles. The zero-order valence-electron chi connectivity index (χ0n) is 13.9. The minimum atomic E-state index is -0.112. The molecule has 1 aromatic carbocycles. The summed E-state index contributed by atoms with van der Waals surface area (Å²) in [7, 11) is 1.85. The van der Waals surface area contributed by atoms with Gasteiger partial charge < -0.3 is 15.4 Å². The van der Waals surface area contributed by atoms with Gasteiger partial charge in [0, 0.05) is 19.6 Å². The van der Waals surface area contributed by atoms with E-state index in [1.165, 1.54) is 5.56 Å². The van der Waals surface area contributed by atoms with Crippen molar-refractivity contribution in [3.8, 4) is 0 Å². The Bertz CT molecular complexity index is 502. The fourth-order valence-corrected chi connectivity index (χ4v) is 2.76. The van der Waals surface area contributed by atoms with Crippen LogP contribution in [-0.4, -0.2) is 37.0 Å². The van der Waals surface area contributed by atoms with E-state index in [-0.39, 0.29) is 18.1 Å². The van der Waals surface area contributed by atoms with Crippen LogP contribution in [0.25, 0.3) is 0 Å². The van der Waals surface area contributed by atoms with Crippen molar-refractivity contribution in [3.63, 3.8) is 0 Å². The zero-order valence-corrected chi connectivity index (χ0v) is 13.9. The molecule has 2 N–H and O–H groups in total. The number of nitrogens with two attached hydrogens (primary N) is 1. The molecular formula is C18H28N2O2. The summed E-state index contributed by atoms with van der Waals surface area (Å²) >= 11 is 0. The van der Waals surface area contributed by atoms with Gasteiger partial charge in [-0.1, -0.05) is 38.1 Å². The average molecular weight is 304 g/mol. The number of carbonyl (C=O) groups excluding carboxylic acids is 1. The monoisotopic (exact) mass is 304 g/mol. The van der Waals surface area contributed by atoms with Gasteiger partial charge in [0.25, 0.3) is 0 Å². The first kappa shape index (κ1) is 17.0. The predicted molar refractivity (Wildman–Crippen MR) is 88.5 cm³/mol. The Labute approximate surface area is 133 Å². The molecule has 1 aliphatic rings. The largest absolute Gasteiger partial charge is 0.373 e. The van der Waals surface area contributed by atoms with Gasteiger partial charge in [0.05, 0.1) is 19.1 Å². The number of carbonyl (C=O) groups is 1. The van der Waals surface area contributed by atoms with Gasteiger partial charge in [-0.15, -0.1) is 0 Å². The number of rotatable bonds is 6. The van der Waals surface area contributed by atoms with E-state index in [4.69, 9.17) is 10.5 Å². The zero-order chi connectivity index (χ0) is 16.1. The number of ether oxygens (including phenoxy) is 1. The lowest BCUT2D eigenvalue weighted by Crippen LogP contribution is -2.35. The quantitative estimate of drug-likeness (QED) is 0.878. The first-order valence-corrected chi connectivity index (χ1v) is 8.18. The second kappa shape index (κ2) is 7.75. The Morgan fingerprint density at radius 1 is 1.41 bits per heavy atom. The fraction of sp³-hybridized carbons (Fsp3) is 0.611. The summed E-state index contributed by atoms with van der Waals surface area (Å²) < 4.78 is 5.82. The Kier molecular flexibility index (Phi) is 5.98. The van der Waals surface area contributed by atoms with Crippen LogP contribution in [0.1, 0.15) is 43.9 Å². The molecule has 0 fully saturated rings. The molecule has 122 valence electrons. The van der Waals surface area contributed by atoms with Crippen LogP contribution in [0.2, 0.25) is 0 Å². The van der Waals surface area contributed by atoms with Crippen molar-refractivity contribution in [1.82, 2.24) is 4.90 Å². The van der Waals surface area contributed by atoms with Gasteiger partial charge >= 0.3 is 0 Å². The number of hydrogen-bond donors (Lipinski definition) is 1. The molecular weight excluding hydrogens is 276 g/mol. The van der Waals surface area contributed by atoms with Crippen molar-refractivity contribution in [2.45, 2.75) is 45.3 Å². The number of hydrogen-bond acceptors (Lipinski definition) is 3. The van der Waals surface area contributed by atoms with E-state index in [1.54, 1.807) is 4.90 Å². The summed E-state index contributed by atoms with van der Waals surface area (Å²) in [5, 5.41) is 0. The Morgan fingerprint density at radius 2 is 2.14 bits per heavy atom. The highest BCUT2D eigenvalue weighted by Crippen LogP contribution is 2.29. The molecule has 0 saturated heterocycles. The SMILES string of the molecule is CC(C)C(N)CCN(C)C(=O)CC1OCCc2ccccc21. The second-order valence-corrected chi connectivity index (χ2v) is 6.52. The second-order valence-electron chi connectivity index (χ2n) is 6.52. The molecule has 0 saturated carbocycles. The van der Waals surface area contributed by atoms with E-state index < -0.39 is 0 Å². The molecule has 2 atom stereocenters. The minimum absolute atomic E-state index is 0.112. The van der Waals surface area contributed by atoms with Gasteiger partial charge in [-0.25, -0.2) is 0 Å². The van der Waals surface area contributed by atoms with Crippen molar-refractivity contribution in [2.24, 2.45) is 11.7 Å². The third kappa shape index (κ3) is 4.31. The number of nitrogens with zero attached hydrogens (tertiary/aromatic N) is 1. The van der Waals surface area contributed by atoms with Crippen molar-refractivity contribution >= 4 is 5.91 Å². The number of fused-ring (bicyclic) bond motifs is 1. The van der Waals surface area contributed by atoms with E-state index in [0.717, 1.165) is 18.4 Å². The minimum Gasteiger partial charge on any atom is -0.373 e. The standard InChI is InChI=1S/C18H28N2O2/c1-13(2)16(19)8-10-20(3)18(21)12-17-15-7-5-4-6-14(15)9-11-22-17/h4-7,13,16-17H,8-12,19H2,1-3H3. The molecule has 2 rings (SSSR count). The molecule has 22 heavy (non-hydrogen) atoms. The number of benzene rings is 1. The average Bonchev–Trinajstić information content (AvgIpc) is 2.52. The van der Waals surface area contributed by atoms with Crippen LogP contribution >= 0.6 is 0 Å². The van der Waals surface area contributed by atoms with Gasteiger partial charge in [-0.3, -0.25) is 4.79 Å². The third-order valence-corrected chi connectivity index (χ3v) is 4.53. The van der Waals surface area contributed by atoms with Crippen LogP contribution in [0, 0.1) is 5.92 Å². The van der Waals surface area contributed by atoms with Crippen LogP contribution in [-0.2, 0) is 16.0 Å². The molecule has 0 aromatic heterocycles. The molecule has 1 aromatic rings. The first-order chi connectivity index (χ1) is 10.5. The summed E-state index contributed by atoms with van der Waals surface area (Å²) in [5.74, 6) is 0.565. The Hall–Kier alpha value is -1.39. The summed E-state index contributed by atoms with van der Waals surface area (Å²) in [6, 6.07) is 8.39. The first-order valence-electron chi connectivity index (χ1n) is 8.18. The maximum atomic E-state index is 12.4. The van der Waals surface area contributed by atoms with Crippen LogP contribution in [0.15, 0.2) is 24.3 Å². The smallest absolute Gasteiger partial charge is 0.225 e. The number of amides is 1. The van der Waals surface area contributed by atoms with E-state index in [2.05, 4.69) is 26.0 Å². The summed E-state index contributed by atoms with van der Waals surface area (Å²) in [5.41, 5.74) is 8.51. The van der Waals surface area contributed by atoms with Gasteiger partial charge in [0.2, 0.25) is 5.91 Å². The molecule has 4 heteroatoms. The summed E-state index contributed by atoms with van der Waals surface area (Å²) in [4.78, 5) is 14.2. The summed E-state index contributed by atoms with van der Waals surface area (Å²) in [6.07, 6.45) is 2.06.